The predicted molar refractivity (Wildman–Crippen MR) is 144 cm³/mol. The molecular weight excluding hydrogens is 522 g/mol. The molecule has 4 rings (SSSR count). The normalized spacial score (nSPS) is 18.9. The van der Waals surface area contributed by atoms with E-state index in [0.29, 0.717) is 19.6 Å². The molecule has 1 saturated heterocycles. The maximum Gasteiger partial charge on any atom is 0.409 e. The molecule has 210 valence electrons. The van der Waals surface area contributed by atoms with Crippen LogP contribution >= 0.6 is 0 Å². The topological polar surface area (TPSA) is 125 Å². The summed E-state index contributed by atoms with van der Waals surface area (Å²) >= 11 is 0. The molecule has 2 heterocycles. The van der Waals surface area contributed by atoms with Gasteiger partial charge in [0.1, 0.15) is 6.61 Å². The van der Waals surface area contributed by atoms with Gasteiger partial charge in [-0.05, 0) is 30.4 Å². The fraction of sp³-hybridized carbons (Fsp3) is 0.429. The SMILES string of the molecule is O=C(OCCOCc1ccccc1)N1CCC(CS(=O)(=O)N2C=CC(c3ccccc3)CC2)(C(=O)NO)CC1. The molecule has 2 aliphatic rings. The fourth-order valence-corrected chi connectivity index (χ4v) is 6.92. The average molecular weight is 558 g/mol. The van der Waals surface area contributed by atoms with Crippen molar-refractivity contribution in [2.75, 3.05) is 38.6 Å². The molecule has 0 aromatic heterocycles. The van der Waals surface area contributed by atoms with Crippen molar-refractivity contribution in [3.8, 4) is 0 Å². The van der Waals surface area contributed by atoms with Gasteiger partial charge in [-0.2, -0.15) is 0 Å². The van der Waals surface area contributed by atoms with Gasteiger partial charge in [0.25, 0.3) is 5.91 Å². The van der Waals surface area contributed by atoms with Crippen molar-refractivity contribution in [1.82, 2.24) is 14.7 Å². The van der Waals surface area contributed by atoms with E-state index in [1.165, 1.54) is 9.21 Å². The first-order valence-corrected chi connectivity index (χ1v) is 14.6. The van der Waals surface area contributed by atoms with Gasteiger partial charge in [0, 0.05) is 31.8 Å². The molecule has 2 amide bonds. The molecule has 1 atom stereocenters. The van der Waals surface area contributed by atoms with E-state index >= 15 is 0 Å². The first kappa shape index (κ1) is 28.6. The van der Waals surface area contributed by atoms with Crippen molar-refractivity contribution < 1.29 is 32.7 Å². The standard InChI is InChI=1S/C28H35N3O7S/c32-26(29-34)28(22-39(35,36)31-15-11-25(12-16-31)24-9-5-2-6-10-24)13-17-30(18-14-28)27(33)38-20-19-37-21-23-7-3-1-4-8-23/h1-11,15,25,34H,12-14,16-22H2,(H,29,32). The molecule has 0 bridgehead atoms. The number of hydrogen-bond donors (Lipinski definition) is 2. The molecule has 2 aromatic carbocycles. The second kappa shape index (κ2) is 13.1. The third-order valence-electron chi connectivity index (χ3n) is 7.32. The summed E-state index contributed by atoms with van der Waals surface area (Å²) in [5.41, 5.74) is 2.41. The maximum absolute atomic E-state index is 13.3. The molecular formula is C28H35N3O7S. The summed E-state index contributed by atoms with van der Waals surface area (Å²) in [5.74, 6) is -1.12. The largest absolute Gasteiger partial charge is 0.447 e. The predicted octanol–water partition coefficient (Wildman–Crippen LogP) is 3.26. The fourth-order valence-electron chi connectivity index (χ4n) is 5.00. The van der Waals surface area contributed by atoms with Gasteiger partial charge >= 0.3 is 6.09 Å². The molecule has 10 nitrogen and oxygen atoms in total. The zero-order chi connectivity index (χ0) is 27.7. The number of nitrogens with one attached hydrogen (secondary N) is 1. The van der Waals surface area contributed by atoms with Crippen LogP contribution in [0.25, 0.3) is 0 Å². The van der Waals surface area contributed by atoms with Crippen LogP contribution in [0.3, 0.4) is 0 Å². The van der Waals surface area contributed by atoms with Crippen LogP contribution in [0.15, 0.2) is 72.9 Å². The summed E-state index contributed by atoms with van der Waals surface area (Å²) in [6.45, 7) is 1.26. The van der Waals surface area contributed by atoms with Gasteiger partial charge in [-0.1, -0.05) is 66.7 Å². The Labute approximate surface area is 229 Å². The maximum atomic E-state index is 13.3. The van der Waals surface area contributed by atoms with Crippen LogP contribution in [-0.2, 0) is 30.9 Å². The Morgan fingerprint density at radius 2 is 1.64 bits per heavy atom. The third-order valence-corrected chi connectivity index (χ3v) is 9.25. The number of rotatable bonds is 10. The Balaban J connectivity index is 1.29. The van der Waals surface area contributed by atoms with Gasteiger partial charge < -0.3 is 14.4 Å². The molecule has 1 fully saturated rings. The molecule has 0 saturated carbocycles. The van der Waals surface area contributed by atoms with Crippen molar-refractivity contribution in [2.45, 2.75) is 31.8 Å². The summed E-state index contributed by atoms with van der Waals surface area (Å²) in [6, 6.07) is 19.5. The van der Waals surface area contributed by atoms with Crippen LogP contribution in [0.4, 0.5) is 4.79 Å². The molecule has 0 aliphatic carbocycles. The lowest BCUT2D eigenvalue weighted by molar-refractivity contribution is -0.141. The number of hydrogen-bond acceptors (Lipinski definition) is 7. The van der Waals surface area contributed by atoms with Crippen molar-refractivity contribution in [3.05, 3.63) is 84.1 Å². The Morgan fingerprint density at radius 3 is 2.26 bits per heavy atom. The van der Waals surface area contributed by atoms with E-state index < -0.39 is 33.2 Å². The zero-order valence-electron chi connectivity index (χ0n) is 21.8. The van der Waals surface area contributed by atoms with Crippen LogP contribution in [0, 0.1) is 5.41 Å². The quantitative estimate of drug-likeness (QED) is 0.261. The molecule has 0 spiro atoms. The highest BCUT2D eigenvalue weighted by molar-refractivity contribution is 7.89. The number of likely N-dealkylation sites (tertiary alicyclic amines) is 1. The molecule has 2 aliphatic heterocycles. The smallest absolute Gasteiger partial charge is 0.409 e. The molecule has 2 aromatic rings. The lowest BCUT2D eigenvalue weighted by Gasteiger charge is -2.40. The van der Waals surface area contributed by atoms with E-state index in [9.17, 15) is 23.2 Å². The zero-order valence-corrected chi connectivity index (χ0v) is 22.6. The van der Waals surface area contributed by atoms with Crippen LogP contribution in [-0.4, -0.2) is 73.4 Å². The monoisotopic (exact) mass is 557 g/mol. The van der Waals surface area contributed by atoms with Gasteiger partial charge in [-0.15, -0.1) is 0 Å². The minimum absolute atomic E-state index is 0.0719. The van der Waals surface area contributed by atoms with E-state index in [1.54, 1.807) is 11.7 Å². The number of benzene rings is 2. The summed E-state index contributed by atoms with van der Waals surface area (Å²) < 4.78 is 38.8. The first-order valence-electron chi connectivity index (χ1n) is 13.0. The third kappa shape index (κ3) is 7.37. The Kier molecular flexibility index (Phi) is 9.60. The number of amides is 2. The van der Waals surface area contributed by atoms with Gasteiger partial charge in [0.15, 0.2) is 0 Å². The molecule has 2 N–H and O–H groups in total. The second-order valence-corrected chi connectivity index (χ2v) is 11.8. The van der Waals surface area contributed by atoms with Crippen molar-refractivity contribution in [2.24, 2.45) is 5.41 Å². The van der Waals surface area contributed by atoms with E-state index in [0.717, 1.165) is 11.1 Å². The molecule has 39 heavy (non-hydrogen) atoms. The van der Waals surface area contributed by atoms with Crippen LogP contribution in [0.1, 0.15) is 36.3 Å². The summed E-state index contributed by atoms with van der Waals surface area (Å²) in [6.07, 6.45) is 3.63. The van der Waals surface area contributed by atoms with Gasteiger partial charge in [-0.25, -0.2) is 18.7 Å². The molecule has 1 unspecified atom stereocenters. The minimum Gasteiger partial charge on any atom is -0.447 e. The Bertz CT molecular complexity index is 1230. The number of carbonyl (C=O) groups excluding carboxylic acids is 2. The number of allylic oxidation sites excluding steroid dienone is 1. The van der Waals surface area contributed by atoms with Gasteiger partial charge in [0.2, 0.25) is 10.0 Å². The molecule has 11 heteroatoms. The van der Waals surface area contributed by atoms with Crippen LogP contribution < -0.4 is 5.48 Å². The number of ether oxygens (including phenoxy) is 2. The van der Waals surface area contributed by atoms with E-state index in [4.69, 9.17) is 9.47 Å². The highest BCUT2D eigenvalue weighted by atomic mass is 32.2. The first-order chi connectivity index (χ1) is 18.8. The summed E-state index contributed by atoms with van der Waals surface area (Å²) in [4.78, 5) is 26.7. The highest BCUT2D eigenvalue weighted by Gasteiger charge is 2.47. The number of sulfonamides is 1. The second-order valence-electron chi connectivity index (χ2n) is 9.88. The number of hydroxylamine groups is 1. The average Bonchev–Trinajstić information content (AvgIpc) is 2.97. The van der Waals surface area contributed by atoms with E-state index in [-0.39, 0.29) is 45.1 Å². The molecule has 0 radical (unpaired) electrons. The van der Waals surface area contributed by atoms with Gasteiger partial charge in [-0.3, -0.25) is 14.3 Å². The van der Waals surface area contributed by atoms with Crippen LogP contribution in [0.5, 0.6) is 0 Å². The van der Waals surface area contributed by atoms with Crippen LogP contribution in [0.2, 0.25) is 0 Å². The number of carbonyl (C=O) groups is 2. The Hall–Kier alpha value is -3.41. The van der Waals surface area contributed by atoms with Gasteiger partial charge in [0.05, 0.1) is 24.4 Å². The van der Waals surface area contributed by atoms with E-state index in [2.05, 4.69) is 0 Å². The van der Waals surface area contributed by atoms with E-state index in [1.807, 2.05) is 66.7 Å². The number of piperidine rings is 1. The van der Waals surface area contributed by atoms with Crippen molar-refractivity contribution in [3.63, 3.8) is 0 Å². The van der Waals surface area contributed by atoms with Crippen molar-refractivity contribution in [1.29, 1.82) is 0 Å². The summed E-state index contributed by atoms with van der Waals surface area (Å²) in [5, 5.41) is 9.40. The van der Waals surface area contributed by atoms with Crippen molar-refractivity contribution >= 4 is 22.0 Å². The number of nitrogens with zero attached hydrogens (tertiary/aromatic N) is 2. The summed E-state index contributed by atoms with van der Waals surface area (Å²) in [7, 11) is -3.86. The lowest BCUT2D eigenvalue weighted by Crippen LogP contribution is -2.54. The lowest BCUT2D eigenvalue weighted by atomic mass is 9.79. The minimum atomic E-state index is -3.86. The highest BCUT2D eigenvalue weighted by Crippen LogP contribution is 2.36. The Morgan fingerprint density at radius 1 is 0.974 bits per heavy atom.